The van der Waals surface area contributed by atoms with E-state index in [2.05, 4.69) is 40.1 Å². The van der Waals surface area contributed by atoms with Crippen molar-refractivity contribution < 1.29 is 0 Å². The molecule has 0 fully saturated rings. The first-order valence-electron chi connectivity index (χ1n) is 5.63. The van der Waals surface area contributed by atoms with Crippen LogP contribution in [0.1, 0.15) is 28.5 Å². The lowest BCUT2D eigenvalue weighted by molar-refractivity contribution is 0.837. The van der Waals surface area contributed by atoms with Crippen molar-refractivity contribution in [2.45, 2.75) is 26.8 Å². The largest absolute Gasteiger partial charge is 0.376 e. The predicted octanol–water partition coefficient (Wildman–Crippen LogP) is 5.35. The summed E-state index contributed by atoms with van der Waals surface area (Å²) in [6.45, 7) is 6.22. The maximum atomic E-state index is 6.20. The van der Waals surface area contributed by atoms with Crippen LogP contribution in [-0.2, 0) is 0 Å². The van der Waals surface area contributed by atoms with Gasteiger partial charge in [-0.1, -0.05) is 27.5 Å². The number of nitrogens with one attached hydrogen (secondary N) is 1. The summed E-state index contributed by atoms with van der Waals surface area (Å²) in [6, 6.07) is 5.97. The number of hydrogen-bond donors (Lipinski definition) is 1. The van der Waals surface area contributed by atoms with Gasteiger partial charge in [0, 0.05) is 9.35 Å². The maximum Gasteiger partial charge on any atom is 0.0901 e. The van der Waals surface area contributed by atoms with Crippen LogP contribution in [0.25, 0.3) is 0 Å². The smallest absolute Gasteiger partial charge is 0.0901 e. The van der Waals surface area contributed by atoms with Gasteiger partial charge < -0.3 is 5.32 Å². The van der Waals surface area contributed by atoms with E-state index in [-0.39, 0.29) is 6.04 Å². The van der Waals surface area contributed by atoms with E-state index in [1.807, 2.05) is 25.1 Å². The molecule has 1 atom stereocenters. The first-order valence-corrected chi connectivity index (χ1v) is 7.61. The number of aromatic nitrogens is 1. The lowest BCUT2D eigenvalue weighted by Crippen LogP contribution is -2.08. The molecule has 0 aliphatic heterocycles. The second-order valence-corrected chi connectivity index (χ2v) is 6.89. The summed E-state index contributed by atoms with van der Waals surface area (Å²) in [7, 11) is 0. The highest BCUT2D eigenvalue weighted by Crippen LogP contribution is 2.30. The molecule has 1 heterocycles. The van der Waals surface area contributed by atoms with Gasteiger partial charge in [-0.3, -0.25) is 0 Å². The summed E-state index contributed by atoms with van der Waals surface area (Å²) in [5, 5.41) is 5.20. The van der Waals surface area contributed by atoms with Crippen LogP contribution in [0.4, 0.5) is 5.69 Å². The number of halogens is 2. The minimum Gasteiger partial charge on any atom is -0.376 e. The Morgan fingerprint density at radius 2 is 2.11 bits per heavy atom. The van der Waals surface area contributed by atoms with Crippen molar-refractivity contribution >= 4 is 44.6 Å². The second kappa shape index (κ2) is 5.59. The number of thiazole rings is 1. The monoisotopic (exact) mass is 344 g/mol. The number of nitrogens with zero attached hydrogens (tertiary/aromatic N) is 1. The van der Waals surface area contributed by atoms with Crippen LogP contribution in [0.2, 0.25) is 5.02 Å². The minimum atomic E-state index is 0.147. The number of anilines is 1. The molecule has 1 aromatic heterocycles. The van der Waals surface area contributed by atoms with Crippen molar-refractivity contribution in [3.05, 3.63) is 43.3 Å². The molecule has 2 aromatic rings. The van der Waals surface area contributed by atoms with E-state index >= 15 is 0 Å². The molecule has 2 nitrogen and oxygen atoms in total. The van der Waals surface area contributed by atoms with E-state index < -0.39 is 0 Å². The highest BCUT2D eigenvalue weighted by Gasteiger charge is 2.14. The fraction of sp³-hybridized carbons (Fsp3) is 0.308. The summed E-state index contributed by atoms with van der Waals surface area (Å²) < 4.78 is 0.978. The fourth-order valence-corrected chi connectivity index (χ4v) is 3.50. The van der Waals surface area contributed by atoms with Crippen LogP contribution in [0.15, 0.2) is 22.7 Å². The topological polar surface area (TPSA) is 24.9 Å². The van der Waals surface area contributed by atoms with Gasteiger partial charge in [0.05, 0.1) is 27.5 Å². The third-order valence-corrected chi connectivity index (χ3v) is 4.36. The average Bonchev–Trinajstić information content (AvgIpc) is 2.62. The molecule has 18 heavy (non-hydrogen) atoms. The van der Waals surface area contributed by atoms with Gasteiger partial charge in [0.2, 0.25) is 0 Å². The number of aryl methyl sites for hydroxylation is 2. The van der Waals surface area contributed by atoms with E-state index in [0.717, 1.165) is 20.9 Å². The van der Waals surface area contributed by atoms with E-state index in [1.165, 1.54) is 4.88 Å². The normalized spacial score (nSPS) is 12.5. The van der Waals surface area contributed by atoms with Crippen molar-refractivity contribution in [3.63, 3.8) is 0 Å². The molecule has 0 spiro atoms. The molecule has 0 amide bonds. The van der Waals surface area contributed by atoms with Gasteiger partial charge in [-0.2, -0.15) is 0 Å². The van der Waals surface area contributed by atoms with E-state index in [0.29, 0.717) is 5.02 Å². The summed E-state index contributed by atoms with van der Waals surface area (Å²) >= 11 is 11.3. The summed E-state index contributed by atoms with van der Waals surface area (Å²) in [5.41, 5.74) is 2.02. The van der Waals surface area contributed by atoms with Gasteiger partial charge in [-0.05, 0) is 39.0 Å². The zero-order valence-corrected chi connectivity index (χ0v) is 13.6. The molecule has 0 saturated carbocycles. The Kier molecular flexibility index (Phi) is 4.30. The first-order chi connectivity index (χ1) is 8.47. The Morgan fingerprint density at radius 1 is 1.39 bits per heavy atom. The molecule has 0 bridgehead atoms. The van der Waals surface area contributed by atoms with Gasteiger partial charge in [0.15, 0.2) is 0 Å². The van der Waals surface area contributed by atoms with Crippen molar-refractivity contribution in [2.24, 2.45) is 0 Å². The molecule has 0 saturated heterocycles. The van der Waals surface area contributed by atoms with Gasteiger partial charge >= 0.3 is 0 Å². The van der Waals surface area contributed by atoms with E-state index in [4.69, 9.17) is 11.6 Å². The average molecular weight is 346 g/mol. The van der Waals surface area contributed by atoms with Crippen LogP contribution in [0, 0.1) is 13.8 Å². The molecule has 1 unspecified atom stereocenters. The lowest BCUT2D eigenvalue weighted by Gasteiger charge is -2.15. The van der Waals surface area contributed by atoms with Gasteiger partial charge in [0.25, 0.3) is 0 Å². The van der Waals surface area contributed by atoms with Gasteiger partial charge in [0.1, 0.15) is 0 Å². The quantitative estimate of drug-likeness (QED) is 0.811. The Balaban J connectivity index is 2.21. The van der Waals surface area contributed by atoms with Crippen LogP contribution in [0.3, 0.4) is 0 Å². The molecule has 0 aliphatic rings. The molecule has 96 valence electrons. The Bertz CT molecular complexity index is 568. The lowest BCUT2D eigenvalue weighted by atomic mass is 10.2. The molecule has 0 radical (unpaired) electrons. The summed E-state index contributed by atoms with van der Waals surface area (Å²) in [6.07, 6.45) is 0. The molecule has 2 rings (SSSR count). The highest BCUT2D eigenvalue weighted by molar-refractivity contribution is 9.10. The molecular formula is C13H14BrClN2S. The maximum absolute atomic E-state index is 6.20. The van der Waals surface area contributed by atoms with Crippen molar-refractivity contribution in [1.82, 2.24) is 4.98 Å². The van der Waals surface area contributed by atoms with Gasteiger partial charge in [-0.25, -0.2) is 4.98 Å². The summed E-state index contributed by atoms with van der Waals surface area (Å²) in [5.74, 6) is 0. The Hall–Kier alpha value is -0.580. The SMILES string of the molecule is Cc1nc(C(C)Nc2ccc(Br)cc2Cl)c(C)s1. The van der Waals surface area contributed by atoms with Crippen molar-refractivity contribution in [2.75, 3.05) is 5.32 Å². The summed E-state index contributed by atoms with van der Waals surface area (Å²) in [4.78, 5) is 5.81. The molecule has 5 heteroatoms. The molecule has 1 N–H and O–H groups in total. The fourth-order valence-electron chi connectivity index (χ4n) is 1.85. The zero-order chi connectivity index (χ0) is 13.3. The van der Waals surface area contributed by atoms with Crippen molar-refractivity contribution in [3.8, 4) is 0 Å². The number of benzene rings is 1. The third-order valence-electron chi connectivity index (χ3n) is 2.65. The molecule has 1 aromatic carbocycles. The van der Waals surface area contributed by atoms with E-state index in [9.17, 15) is 0 Å². The predicted molar refractivity (Wildman–Crippen MR) is 82.8 cm³/mol. The van der Waals surface area contributed by atoms with E-state index in [1.54, 1.807) is 11.3 Å². The van der Waals surface area contributed by atoms with Crippen LogP contribution < -0.4 is 5.32 Å². The van der Waals surface area contributed by atoms with Crippen LogP contribution in [0.5, 0.6) is 0 Å². The number of hydrogen-bond acceptors (Lipinski definition) is 3. The second-order valence-electron chi connectivity index (χ2n) is 4.16. The van der Waals surface area contributed by atoms with Crippen LogP contribution >= 0.6 is 38.9 Å². The zero-order valence-electron chi connectivity index (χ0n) is 10.4. The Labute approximate surface area is 125 Å². The Morgan fingerprint density at radius 3 is 2.67 bits per heavy atom. The first kappa shape index (κ1) is 13.8. The van der Waals surface area contributed by atoms with Crippen LogP contribution in [-0.4, -0.2) is 4.98 Å². The minimum absolute atomic E-state index is 0.147. The number of rotatable bonds is 3. The molecule has 0 aliphatic carbocycles. The van der Waals surface area contributed by atoms with Gasteiger partial charge in [-0.15, -0.1) is 11.3 Å². The highest BCUT2D eigenvalue weighted by atomic mass is 79.9. The standard InChI is InChI=1S/C13H14BrClN2S/c1-7(13-8(2)18-9(3)17-13)16-12-5-4-10(14)6-11(12)15/h4-7,16H,1-3H3. The third kappa shape index (κ3) is 3.05. The van der Waals surface area contributed by atoms with Crippen molar-refractivity contribution in [1.29, 1.82) is 0 Å². The molecular weight excluding hydrogens is 332 g/mol.